The number of anilines is 1. The molecule has 0 heterocycles. The molecule has 0 aromatic heterocycles. The Hall–Kier alpha value is -0.110. The minimum Gasteiger partial charge on any atom is -0.398 e. The summed E-state index contributed by atoms with van der Waals surface area (Å²) in [7, 11) is 0. The quantitative estimate of drug-likeness (QED) is 0.518. The lowest BCUT2D eigenvalue weighted by molar-refractivity contribution is 1.68. The normalized spacial score (nSPS) is 8.27. The van der Waals surface area contributed by atoms with Gasteiger partial charge in [-0.05, 0) is 12.1 Å². The number of para-hydroxylation sites is 1. The second-order valence-corrected chi connectivity index (χ2v) is 2.84. The van der Waals surface area contributed by atoms with Crippen molar-refractivity contribution in [2.24, 2.45) is 0 Å². The average Bonchev–Trinajstić information content (AvgIpc) is 1.97. The Kier molecular flexibility index (Phi) is 6.52. The lowest BCUT2D eigenvalue weighted by Crippen LogP contribution is -1.82. The van der Waals surface area contributed by atoms with Gasteiger partial charge >= 0.3 is 0 Å². The summed E-state index contributed by atoms with van der Waals surface area (Å²) < 4.78 is 0. The van der Waals surface area contributed by atoms with Gasteiger partial charge in [0.15, 0.2) is 0 Å². The Balaban J connectivity index is 0.000000292. The summed E-state index contributed by atoms with van der Waals surface area (Å²) in [5.41, 5.74) is 6.02. The largest absolute Gasteiger partial charge is 0.398 e. The molecular weight excluding hydrogens is 204 g/mol. The molecule has 0 atom stereocenters. The van der Waals surface area contributed by atoms with Crippen molar-refractivity contribution >= 4 is 40.5 Å². The van der Waals surface area contributed by atoms with Crippen LogP contribution in [0.2, 0.25) is 5.02 Å². The summed E-state index contributed by atoms with van der Waals surface area (Å²) in [5, 5.41) is 0.813. The third-order valence-corrected chi connectivity index (χ3v) is 1.25. The zero-order valence-electron chi connectivity index (χ0n) is 5.73. The van der Waals surface area contributed by atoms with E-state index < -0.39 is 0 Å². The summed E-state index contributed by atoms with van der Waals surface area (Å²) in [5.74, 6) is 0. The predicted octanol–water partition coefficient (Wildman–Crippen LogP) is 3.34. The first-order chi connectivity index (χ1) is 5.22. The van der Waals surface area contributed by atoms with E-state index in [4.69, 9.17) is 40.5 Å². The lowest BCUT2D eigenvalue weighted by atomic mass is 10.3. The van der Waals surface area contributed by atoms with Gasteiger partial charge < -0.3 is 5.73 Å². The summed E-state index contributed by atoms with van der Waals surface area (Å²) in [6.07, 6.45) is 0. The van der Waals surface area contributed by atoms with Crippen molar-refractivity contribution in [1.29, 1.82) is 0 Å². The minimum absolute atomic E-state index is 0.194. The van der Waals surface area contributed by atoms with E-state index in [1.165, 1.54) is 0 Å². The van der Waals surface area contributed by atoms with E-state index in [0.29, 0.717) is 10.7 Å². The molecule has 0 bridgehead atoms. The van der Waals surface area contributed by atoms with E-state index >= 15 is 0 Å². The molecule has 11 heavy (non-hydrogen) atoms. The second-order valence-electron chi connectivity index (χ2n) is 1.62. The molecule has 0 fully saturated rings. The molecule has 0 aliphatic carbocycles. The fourth-order valence-corrected chi connectivity index (χ4v) is 0.611. The van der Waals surface area contributed by atoms with E-state index in [1.807, 2.05) is 12.1 Å². The highest BCUT2D eigenvalue weighted by Gasteiger charge is 1.87. The Bertz CT molecular complexity index is 182. The second kappa shape index (κ2) is 6.59. The zero-order chi connectivity index (χ0) is 8.69. The number of hydrogen-bond acceptors (Lipinski definition) is 1. The molecule has 62 valence electrons. The van der Waals surface area contributed by atoms with Crippen molar-refractivity contribution in [2.45, 2.75) is 0 Å². The van der Waals surface area contributed by atoms with E-state index in [-0.39, 0.29) is 5.34 Å². The molecule has 2 N–H and O–H groups in total. The topological polar surface area (TPSA) is 26.0 Å². The summed E-state index contributed by atoms with van der Waals surface area (Å²) in [6.45, 7) is 0. The Morgan fingerprint density at radius 2 is 1.64 bits per heavy atom. The summed E-state index contributed by atoms with van der Waals surface area (Å²) >= 11 is 15.1. The van der Waals surface area contributed by atoms with Gasteiger partial charge in [0, 0.05) is 0 Å². The molecule has 4 heteroatoms. The summed E-state index contributed by atoms with van der Waals surface area (Å²) in [4.78, 5) is 0. The Labute approximate surface area is 81.1 Å². The van der Waals surface area contributed by atoms with Gasteiger partial charge in [-0.25, -0.2) is 0 Å². The lowest BCUT2D eigenvalue weighted by Gasteiger charge is -1.91. The third kappa shape index (κ3) is 5.19. The number of benzene rings is 1. The Morgan fingerprint density at radius 3 is 1.91 bits per heavy atom. The van der Waals surface area contributed by atoms with Gasteiger partial charge in [-0.3, -0.25) is 0 Å². The highest BCUT2D eigenvalue weighted by molar-refractivity contribution is 6.40. The van der Waals surface area contributed by atoms with Gasteiger partial charge in [0.25, 0.3) is 0 Å². The molecule has 0 aliphatic rings. The summed E-state index contributed by atoms with van der Waals surface area (Å²) in [6, 6.07) is 7.22. The SMILES string of the molecule is ClCCl.Nc1ccccc1Cl. The number of rotatable bonds is 0. The van der Waals surface area contributed by atoms with Gasteiger partial charge in [0.05, 0.1) is 16.0 Å². The van der Waals surface area contributed by atoms with Crippen LogP contribution in [0.1, 0.15) is 0 Å². The first-order valence-electron chi connectivity index (χ1n) is 2.84. The molecule has 0 saturated carbocycles. The Morgan fingerprint density at radius 1 is 1.18 bits per heavy atom. The number of hydrogen-bond donors (Lipinski definition) is 1. The molecule has 0 unspecified atom stereocenters. The van der Waals surface area contributed by atoms with Crippen molar-refractivity contribution in [3.05, 3.63) is 29.3 Å². The maximum Gasteiger partial charge on any atom is 0.0967 e. The highest BCUT2D eigenvalue weighted by Crippen LogP contribution is 2.15. The van der Waals surface area contributed by atoms with Crippen LogP contribution in [-0.4, -0.2) is 5.34 Å². The van der Waals surface area contributed by atoms with Gasteiger partial charge in [-0.15, -0.1) is 23.2 Å². The van der Waals surface area contributed by atoms with Crippen LogP contribution < -0.4 is 5.73 Å². The molecule has 0 saturated heterocycles. The predicted molar refractivity (Wildman–Crippen MR) is 52.4 cm³/mol. The van der Waals surface area contributed by atoms with E-state index in [2.05, 4.69) is 0 Å². The molecule has 0 spiro atoms. The number of halogens is 3. The van der Waals surface area contributed by atoms with E-state index in [1.54, 1.807) is 12.1 Å². The van der Waals surface area contributed by atoms with Gasteiger partial charge in [0.1, 0.15) is 0 Å². The van der Waals surface area contributed by atoms with Crippen molar-refractivity contribution < 1.29 is 0 Å². The molecule has 1 aromatic rings. The molecule has 1 aromatic carbocycles. The van der Waals surface area contributed by atoms with Crippen LogP contribution in [0.15, 0.2) is 24.3 Å². The van der Waals surface area contributed by atoms with Gasteiger partial charge in [-0.2, -0.15) is 0 Å². The van der Waals surface area contributed by atoms with Crippen LogP contribution >= 0.6 is 34.8 Å². The van der Waals surface area contributed by atoms with Crippen molar-refractivity contribution in [2.75, 3.05) is 11.1 Å². The van der Waals surface area contributed by atoms with Crippen LogP contribution in [0.25, 0.3) is 0 Å². The minimum atomic E-state index is 0.194. The zero-order valence-corrected chi connectivity index (χ0v) is 8.00. The first kappa shape index (κ1) is 10.9. The number of nitrogens with two attached hydrogens (primary N) is 1. The fraction of sp³-hybridized carbons (Fsp3) is 0.143. The van der Waals surface area contributed by atoms with Gasteiger partial charge in [0.2, 0.25) is 0 Å². The van der Waals surface area contributed by atoms with E-state index in [0.717, 1.165) is 0 Å². The highest BCUT2D eigenvalue weighted by atomic mass is 35.5. The van der Waals surface area contributed by atoms with E-state index in [9.17, 15) is 0 Å². The molecular formula is C7H8Cl3N. The van der Waals surface area contributed by atoms with Crippen LogP contribution in [0.4, 0.5) is 5.69 Å². The van der Waals surface area contributed by atoms with Crippen LogP contribution in [0.5, 0.6) is 0 Å². The van der Waals surface area contributed by atoms with Crippen molar-refractivity contribution in [3.8, 4) is 0 Å². The molecule has 1 nitrogen and oxygen atoms in total. The number of alkyl halides is 2. The number of nitrogen functional groups attached to an aromatic ring is 1. The van der Waals surface area contributed by atoms with Crippen LogP contribution in [-0.2, 0) is 0 Å². The third-order valence-electron chi connectivity index (χ3n) is 0.905. The molecule has 0 radical (unpaired) electrons. The molecule has 1 rings (SSSR count). The molecule has 0 aliphatic heterocycles. The maximum atomic E-state index is 5.58. The van der Waals surface area contributed by atoms with Gasteiger partial charge in [-0.1, -0.05) is 23.7 Å². The van der Waals surface area contributed by atoms with Crippen molar-refractivity contribution in [3.63, 3.8) is 0 Å². The smallest absolute Gasteiger partial charge is 0.0967 e. The fourth-order valence-electron chi connectivity index (χ4n) is 0.475. The first-order valence-corrected chi connectivity index (χ1v) is 4.29. The monoisotopic (exact) mass is 211 g/mol. The van der Waals surface area contributed by atoms with Crippen molar-refractivity contribution in [1.82, 2.24) is 0 Å². The molecule has 0 amide bonds. The maximum absolute atomic E-state index is 5.58. The van der Waals surface area contributed by atoms with Crippen LogP contribution in [0.3, 0.4) is 0 Å². The average molecular weight is 213 g/mol. The standard InChI is InChI=1S/C6H6ClN.CH2Cl2/c7-5-3-1-2-4-6(5)8;2-1-3/h1-4H,8H2;1H2. The van der Waals surface area contributed by atoms with Crippen LogP contribution in [0, 0.1) is 0 Å².